The molecule has 1 saturated heterocycles. The minimum atomic E-state index is -0.905. The summed E-state index contributed by atoms with van der Waals surface area (Å²) in [6, 6.07) is 24.7. The number of ketones is 1. The molecule has 1 unspecified atom stereocenters. The van der Waals surface area contributed by atoms with Crippen LogP contribution in [0.5, 0.6) is 5.75 Å². The van der Waals surface area contributed by atoms with Gasteiger partial charge in [-0.1, -0.05) is 18.2 Å². The van der Waals surface area contributed by atoms with E-state index in [1.54, 1.807) is 42.5 Å². The van der Waals surface area contributed by atoms with Crippen LogP contribution in [0.4, 0.5) is 17.1 Å². The Hall–Kier alpha value is -4.78. The molecule has 1 atom stereocenters. The van der Waals surface area contributed by atoms with Gasteiger partial charge in [-0.25, -0.2) is 0 Å². The molecule has 7 heteroatoms. The van der Waals surface area contributed by atoms with Gasteiger partial charge in [0.25, 0.3) is 11.7 Å². The maximum atomic E-state index is 13.3. The first-order valence-electron chi connectivity index (χ1n) is 11.6. The van der Waals surface area contributed by atoms with Gasteiger partial charge in [-0.2, -0.15) is 0 Å². The van der Waals surface area contributed by atoms with Crippen molar-refractivity contribution in [1.29, 1.82) is 0 Å². The Morgan fingerprint density at radius 2 is 1.69 bits per heavy atom. The van der Waals surface area contributed by atoms with E-state index in [4.69, 9.17) is 9.15 Å². The standard InChI is InChI=1S/C29H22N2O5/c32-27(19-8-13-23-18(17-19)14-16-36-23)25-26(24-7-4-15-35-24)31(29(34)28(25)33)22-11-9-21(10-12-22)30-20-5-2-1-3-6-20/h1-13,15,17,26,30,32H,14,16H2/b27-25-. The number of rotatable bonds is 5. The number of hydrogen-bond acceptors (Lipinski definition) is 6. The van der Waals surface area contributed by atoms with Crippen LogP contribution in [-0.2, 0) is 16.0 Å². The lowest BCUT2D eigenvalue weighted by molar-refractivity contribution is -0.132. The summed E-state index contributed by atoms with van der Waals surface area (Å²) in [4.78, 5) is 27.9. The molecule has 36 heavy (non-hydrogen) atoms. The fourth-order valence-electron chi connectivity index (χ4n) is 4.70. The average Bonchev–Trinajstić information content (AvgIpc) is 3.65. The number of ether oxygens (including phenoxy) is 1. The molecular formula is C29H22N2O5. The Morgan fingerprint density at radius 3 is 2.44 bits per heavy atom. The van der Waals surface area contributed by atoms with Gasteiger partial charge in [0.1, 0.15) is 23.3 Å². The lowest BCUT2D eigenvalue weighted by Crippen LogP contribution is -2.29. The molecule has 7 nitrogen and oxygen atoms in total. The lowest BCUT2D eigenvalue weighted by atomic mass is 9.98. The summed E-state index contributed by atoms with van der Waals surface area (Å²) in [7, 11) is 0. The molecule has 1 amide bonds. The van der Waals surface area contributed by atoms with Gasteiger partial charge in [0.05, 0.1) is 18.4 Å². The van der Waals surface area contributed by atoms with Crippen molar-refractivity contribution in [1.82, 2.24) is 0 Å². The quantitative estimate of drug-likeness (QED) is 0.221. The monoisotopic (exact) mass is 478 g/mol. The number of carbonyl (C=O) groups excluding carboxylic acids is 2. The van der Waals surface area contributed by atoms with E-state index in [-0.39, 0.29) is 11.3 Å². The molecule has 3 heterocycles. The van der Waals surface area contributed by atoms with E-state index in [1.807, 2.05) is 42.5 Å². The van der Waals surface area contributed by atoms with Crippen molar-refractivity contribution in [3.05, 3.63) is 114 Å². The van der Waals surface area contributed by atoms with Crippen LogP contribution in [0.15, 0.2) is 101 Å². The number of carbonyl (C=O) groups is 2. The average molecular weight is 479 g/mol. The van der Waals surface area contributed by atoms with Crippen molar-refractivity contribution in [2.75, 3.05) is 16.8 Å². The van der Waals surface area contributed by atoms with Gasteiger partial charge in [-0.15, -0.1) is 0 Å². The molecule has 0 aliphatic carbocycles. The summed E-state index contributed by atoms with van der Waals surface area (Å²) in [5.41, 5.74) is 3.66. The van der Waals surface area contributed by atoms with Crippen molar-refractivity contribution in [2.45, 2.75) is 12.5 Å². The molecule has 0 spiro atoms. The third-order valence-electron chi connectivity index (χ3n) is 6.43. The van der Waals surface area contributed by atoms with Crippen molar-refractivity contribution in [3.63, 3.8) is 0 Å². The van der Waals surface area contributed by atoms with Crippen molar-refractivity contribution in [2.24, 2.45) is 0 Å². The molecule has 0 saturated carbocycles. The smallest absolute Gasteiger partial charge is 0.300 e. The third kappa shape index (κ3) is 3.71. The first-order valence-corrected chi connectivity index (χ1v) is 11.6. The summed E-state index contributed by atoms with van der Waals surface area (Å²) in [5.74, 6) is -0.594. The molecule has 6 rings (SSSR count). The maximum absolute atomic E-state index is 13.3. The van der Waals surface area contributed by atoms with E-state index in [0.29, 0.717) is 23.6 Å². The van der Waals surface area contributed by atoms with E-state index in [2.05, 4.69) is 5.32 Å². The number of aliphatic hydroxyl groups is 1. The number of nitrogens with zero attached hydrogens (tertiary/aromatic N) is 1. The Morgan fingerprint density at radius 1 is 0.917 bits per heavy atom. The van der Waals surface area contributed by atoms with Crippen LogP contribution in [0, 0.1) is 0 Å². The molecule has 2 N–H and O–H groups in total. The van der Waals surface area contributed by atoms with Crippen molar-refractivity contribution in [3.8, 4) is 5.75 Å². The zero-order valence-corrected chi connectivity index (χ0v) is 19.2. The molecular weight excluding hydrogens is 456 g/mol. The predicted octanol–water partition coefficient (Wildman–Crippen LogP) is 5.58. The van der Waals surface area contributed by atoms with Gasteiger partial charge in [-0.05, 0) is 72.3 Å². The summed E-state index contributed by atoms with van der Waals surface area (Å²) in [6.07, 6.45) is 2.20. The zero-order valence-electron chi connectivity index (χ0n) is 19.2. The highest BCUT2D eigenvalue weighted by molar-refractivity contribution is 6.51. The minimum Gasteiger partial charge on any atom is -0.507 e. The molecule has 4 aromatic rings. The SMILES string of the molecule is O=C1C(=O)N(c2ccc(Nc3ccccc3)cc2)C(c2ccco2)/C1=C(/O)c1ccc2c(c1)CCO2. The van der Waals surface area contributed by atoms with Crippen LogP contribution >= 0.6 is 0 Å². The van der Waals surface area contributed by atoms with Crippen LogP contribution in [0.25, 0.3) is 5.76 Å². The molecule has 1 fully saturated rings. The fourth-order valence-corrected chi connectivity index (χ4v) is 4.70. The second-order valence-electron chi connectivity index (χ2n) is 8.64. The molecule has 178 valence electrons. The maximum Gasteiger partial charge on any atom is 0.300 e. The van der Waals surface area contributed by atoms with Gasteiger partial charge in [-0.3, -0.25) is 14.5 Å². The van der Waals surface area contributed by atoms with Crippen LogP contribution < -0.4 is 15.0 Å². The summed E-state index contributed by atoms with van der Waals surface area (Å²) in [6.45, 7) is 0.575. The molecule has 2 aliphatic rings. The topological polar surface area (TPSA) is 92.0 Å². The predicted molar refractivity (Wildman–Crippen MR) is 135 cm³/mol. The second kappa shape index (κ2) is 8.78. The lowest BCUT2D eigenvalue weighted by Gasteiger charge is -2.23. The molecule has 0 bridgehead atoms. The van der Waals surface area contributed by atoms with Gasteiger partial charge >= 0.3 is 0 Å². The molecule has 1 aromatic heterocycles. The van der Waals surface area contributed by atoms with Crippen LogP contribution in [-0.4, -0.2) is 23.4 Å². The molecule has 0 radical (unpaired) electrons. The van der Waals surface area contributed by atoms with E-state index in [1.165, 1.54) is 11.2 Å². The van der Waals surface area contributed by atoms with E-state index in [0.717, 1.165) is 29.1 Å². The van der Waals surface area contributed by atoms with Crippen LogP contribution in [0.1, 0.15) is 22.9 Å². The number of para-hydroxylation sites is 1. The van der Waals surface area contributed by atoms with E-state index >= 15 is 0 Å². The Bertz CT molecular complexity index is 1470. The van der Waals surface area contributed by atoms with E-state index in [9.17, 15) is 14.7 Å². The summed E-state index contributed by atoms with van der Waals surface area (Å²) in [5, 5.41) is 14.6. The van der Waals surface area contributed by atoms with Gasteiger partial charge in [0.2, 0.25) is 0 Å². The van der Waals surface area contributed by atoms with Crippen LogP contribution in [0.3, 0.4) is 0 Å². The normalized spacial score (nSPS) is 18.2. The number of Topliss-reactive ketones (excluding diaryl/α,β-unsaturated/α-hetero) is 1. The van der Waals surface area contributed by atoms with Gasteiger partial charge in [0, 0.05) is 29.0 Å². The Kier molecular flexibility index (Phi) is 5.30. The molecule has 2 aliphatic heterocycles. The highest BCUT2D eigenvalue weighted by atomic mass is 16.5. The van der Waals surface area contributed by atoms with Crippen LogP contribution in [0.2, 0.25) is 0 Å². The number of hydrogen-bond donors (Lipinski definition) is 2. The van der Waals surface area contributed by atoms with Gasteiger partial charge in [0.15, 0.2) is 0 Å². The Balaban J connectivity index is 1.40. The first-order chi connectivity index (χ1) is 17.6. The second-order valence-corrected chi connectivity index (χ2v) is 8.64. The number of benzene rings is 3. The summed E-state index contributed by atoms with van der Waals surface area (Å²) < 4.78 is 11.2. The number of amides is 1. The molecule has 3 aromatic carbocycles. The van der Waals surface area contributed by atoms with E-state index < -0.39 is 17.7 Å². The number of nitrogens with one attached hydrogen (secondary N) is 1. The largest absolute Gasteiger partial charge is 0.507 e. The van der Waals surface area contributed by atoms with Gasteiger partial charge < -0.3 is 19.6 Å². The highest BCUT2D eigenvalue weighted by Gasteiger charge is 2.48. The first kappa shape index (κ1) is 21.7. The minimum absolute atomic E-state index is 0.0136. The Labute approximate surface area is 207 Å². The zero-order chi connectivity index (χ0) is 24.6. The van der Waals surface area contributed by atoms with Crippen molar-refractivity contribution >= 4 is 34.5 Å². The fraction of sp³-hybridized carbons (Fsp3) is 0.103. The summed E-state index contributed by atoms with van der Waals surface area (Å²) >= 11 is 0. The van der Waals surface area contributed by atoms with Crippen molar-refractivity contribution < 1.29 is 23.8 Å². The number of furan rings is 1. The number of anilines is 3. The number of fused-ring (bicyclic) bond motifs is 1. The number of aliphatic hydroxyl groups excluding tert-OH is 1. The highest BCUT2D eigenvalue weighted by Crippen LogP contribution is 2.43. The third-order valence-corrected chi connectivity index (χ3v) is 6.43.